The number of benzene rings is 1. The first-order valence-corrected chi connectivity index (χ1v) is 7.04. The SMILES string of the molecule is CCc1ccc(C2NC(C)C(=O)N2CCC(F)(F)F)cc1. The normalized spacial score (nSPS) is 22.9. The third kappa shape index (κ3) is 3.75. The van der Waals surface area contributed by atoms with E-state index in [1.165, 1.54) is 4.90 Å². The zero-order valence-corrected chi connectivity index (χ0v) is 12.1. The van der Waals surface area contributed by atoms with E-state index in [2.05, 4.69) is 5.32 Å². The Kier molecular flexibility index (Phi) is 4.56. The van der Waals surface area contributed by atoms with Crippen LogP contribution in [0.1, 0.15) is 37.6 Å². The van der Waals surface area contributed by atoms with Gasteiger partial charge in [0.25, 0.3) is 0 Å². The molecule has 0 radical (unpaired) electrons. The number of nitrogens with zero attached hydrogens (tertiary/aromatic N) is 1. The fraction of sp³-hybridized carbons (Fsp3) is 0.533. The fourth-order valence-electron chi connectivity index (χ4n) is 2.47. The lowest BCUT2D eigenvalue weighted by molar-refractivity contribution is -0.145. The molecule has 1 aliphatic heterocycles. The van der Waals surface area contributed by atoms with Crippen molar-refractivity contribution in [3.05, 3.63) is 35.4 Å². The van der Waals surface area contributed by atoms with Gasteiger partial charge in [-0.25, -0.2) is 0 Å². The zero-order valence-electron chi connectivity index (χ0n) is 12.1. The smallest absolute Gasteiger partial charge is 0.321 e. The molecule has 2 rings (SSSR count). The van der Waals surface area contributed by atoms with Gasteiger partial charge in [0.05, 0.1) is 12.5 Å². The molecule has 21 heavy (non-hydrogen) atoms. The minimum atomic E-state index is -4.26. The Labute approximate surface area is 122 Å². The lowest BCUT2D eigenvalue weighted by Crippen LogP contribution is -2.33. The van der Waals surface area contributed by atoms with Crippen LogP contribution < -0.4 is 5.32 Å². The Hall–Kier alpha value is -1.56. The number of carbonyl (C=O) groups excluding carboxylic acids is 1. The van der Waals surface area contributed by atoms with Crippen LogP contribution in [0.5, 0.6) is 0 Å². The highest BCUT2D eigenvalue weighted by Crippen LogP contribution is 2.28. The van der Waals surface area contributed by atoms with Crippen molar-refractivity contribution in [2.75, 3.05) is 6.54 Å². The number of carbonyl (C=O) groups is 1. The number of amides is 1. The minimum Gasteiger partial charge on any atom is -0.321 e. The van der Waals surface area contributed by atoms with Gasteiger partial charge in [0.1, 0.15) is 6.17 Å². The van der Waals surface area contributed by atoms with Crippen LogP contribution in [0.3, 0.4) is 0 Å². The van der Waals surface area contributed by atoms with Gasteiger partial charge >= 0.3 is 6.18 Å². The summed E-state index contributed by atoms with van der Waals surface area (Å²) in [5, 5.41) is 3.05. The van der Waals surface area contributed by atoms with Gasteiger partial charge in [0.15, 0.2) is 0 Å². The Morgan fingerprint density at radius 3 is 2.38 bits per heavy atom. The zero-order chi connectivity index (χ0) is 15.6. The molecule has 1 amide bonds. The first-order valence-electron chi connectivity index (χ1n) is 7.04. The quantitative estimate of drug-likeness (QED) is 0.927. The van der Waals surface area contributed by atoms with Gasteiger partial charge in [-0.2, -0.15) is 13.2 Å². The van der Waals surface area contributed by atoms with Crippen LogP contribution in [0.15, 0.2) is 24.3 Å². The van der Waals surface area contributed by atoms with E-state index in [0.717, 1.165) is 17.5 Å². The summed E-state index contributed by atoms with van der Waals surface area (Å²) in [7, 11) is 0. The number of aryl methyl sites for hydroxylation is 1. The van der Waals surface area contributed by atoms with Crippen molar-refractivity contribution in [2.24, 2.45) is 0 Å². The fourth-order valence-corrected chi connectivity index (χ4v) is 2.47. The number of hydrogen-bond acceptors (Lipinski definition) is 2. The van der Waals surface area contributed by atoms with E-state index >= 15 is 0 Å². The van der Waals surface area contributed by atoms with Crippen LogP contribution in [0.4, 0.5) is 13.2 Å². The van der Waals surface area contributed by atoms with Crippen molar-refractivity contribution in [2.45, 2.75) is 45.1 Å². The summed E-state index contributed by atoms with van der Waals surface area (Å²) in [4.78, 5) is 13.3. The van der Waals surface area contributed by atoms with Crippen LogP contribution in [0.2, 0.25) is 0 Å². The molecule has 1 aliphatic rings. The molecular formula is C15H19F3N2O. The van der Waals surface area contributed by atoms with Crippen molar-refractivity contribution in [3.8, 4) is 0 Å². The number of alkyl halides is 3. The number of halogens is 3. The third-order valence-electron chi connectivity index (χ3n) is 3.71. The lowest BCUT2D eigenvalue weighted by Gasteiger charge is -2.25. The molecule has 2 unspecified atom stereocenters. The average molecular weight is 300 g/mol. The Morgan fingerprint density at radius 2 is 1.86 bits per heavy atom. The lowest BCUT2D eigenvalue weighted by atomic mass is 10.1. The monoisotopic (exact) mass is 300 g/mol. The van der Waals surface area contributed by atoms with E-state index in [1.807, 2.05) is 31.2 Å². The minimum absolute atomic E-state index is 0.288. The molecule has 2 atom stereocenters. The summed E-state index contributed by atoms with van der Waals surface area (Å²) in [6.45, 7) is 3.38. The summed E-state index contributed by atoms with van der Waals surface area (Å²) in [5.74, 6) is -0.288. The summed E-state index contributed by atoms with van der Waals surface area (Å²) in [6.07, 6.45) is -4.84. The van der Waals surface area contributed by atoms with Gasteiger partial charge in [-0.3, -0.25) is 10.1 Å². The Bertz CT molecular complexity index is 499. The standard InChI is InChI=1S/C15H19F3N2O/c1-3-11-4-6-12(7-5-11)13-19-10(2)14(21)20(13)9-8-15(16,17)18/h4-7,10,13,19H,3,8-9H2,1-2H3. The second kappa shape index (κ2) is 6.05. The summed E-state index contributed by atoms with van der Waals surface area (Å²) >= 11 is 0. The number of hydrogen-bond donors (Lipinski definition) is 1. The molecule has 0 saturated carbocycles. The molecular weight excluding hydrogens is 281 g/mol. The van der Waals surface area contributed by atoms with Crippen LogP contribution >= 0.6 is 0 Å². The van der Waals surface area contributed by atoms with Gasteiger partial charge in [0, 0.05) is 6.54 Å². The molecule has 3 nitrogen and oxygen atoms in total. The Morgan fingerprint density at radius 1 is 1.24 bits per heavy atom. The highest BCUT2D eigenvalue weighted by atomic mass is 19.4. The Balaban J connectivity index is 2.16. The molecule has 1 N–H and O–H groups in total. The van der Waals surface area contributed by atoms with E-state index < -0.39 is 24.8 Å². The molecule has 1 saturated heterocycles. The predicted octanol–water partition coefficient (Wildman–Crippen LogP) is 3.02. The second-order valence-corrected chi connectivity index (χ2v) is 5.28. The van der Waals surface area contributed by atoms with E-state index in [-0.39, 0.29) is 12.5 Å². The third-order valence-corrected chi connectivity index (χ3v) is 3.71. The second-order valence-electron chi connectivity index (χ2n) is 5.28. The molecule has 0 bridgehead atoms. The van der Waals surface area contributed by atoms with Gasteiger partial charge in [-0.05, 0) is 24.5 Å². The highest BCUT2D eigenvalue weighted by molar-refractivity contribution is 5.84. The van der Waals surface area contributed by atoms with Crippen molar-refractivity contribution < 1.29 is 18.0 Å². The number of nitrogens with one attached hydrogen (secondary N) is 1. The molecule has 116 valence electrons. The van der Waals surface area contributed by atoms with Crippen molar-refractivity contribution in [1.29, 1.82) is 0 Å². The molecule has 1 fully saturated rings. The highest BCUT2D eigenvalue weighted by Gasteiger charge is 2.39. The van der Waals surface area contributed by atoms with Crippen LogP contribution in [0, 0.1) is 0 Å². The van der Waals surface area contributed by atoms with Crippen LogP contribution in [0.25, 0.3) is 0 Å². The largest absolute Gasteiger partial charge is 0.390 e. The summed E-state index contributed by atoms with van der Waals surface area (Å²) in [6, 6.07) is 7.14. The van der Waals surface area contributed by atoms with Crippen molar-refractivity contribution >= 4 is 5.91 Å². The van der Waals surface area contributed by atoms with E-state index in [4.69, 9.17) is 0 Å². The van der Waals surface area contributed by atoms with Crippen molar-refractivity contribution in [3.63, 3.8) is 0 Å². The molecule has 0 aromatic heterocycles. The molecule has 1 aromatic carbocycles. The van der Waals surface area contributed by atoms with Gasteiger partial charge in [0.2, 0.25) is 5.91 Å². The first-order chi connectivity index (χ1) is 9.81. The summed E-state index contributed by atoms with van der Waals surface area (Å²) in [5.41, 5.74) is 1.96. The maximum Gasteiger partial charge on any atom is 0.390 e. The predicted molar refractivity (Wildman–Crippen MR) is 73.5 cm³/mol. The van der Waals surface area contributed by atoms with E-state index in [9.17, 15) is 18.0 Å². The molecule has 6 heteroatoms. The first kappa shape index (κ1) is 15.8. The van der Waals surface area contributed by atoms with E-state index in [0.29, 0.717) is 0 Å². The summed E-state index contributed by atoms with van der Waals surface area (Å²) < 4.78 is 37.2. The topological polar surface area (TPSA) is 32.3 Å². The maximum atomic E-state index is 12.4. The number of rotatable bonds is 4. The van der Waals surface area contributed by atoms with Crippen molar-refractivity contribution in [1.82, 2.24) is 10.2 Å². The van der Waals surface area contributed by atoms with Crippen LogP contribution in [-0.2, 0) is 11.2 Å². The van der Waals surface area contributed by atoms with Gasteiger partial charge in [-0.15, -0.1) is 0 Å². The molecule has 0 aliphatic carbocycles. The van der Waals surface area contributed by atoms with Gasteiger partial charge in [-0.1, -0.05) is 31.2 Å². The molecule has 1 aromatic rings. The molecule has 0 spiro atoms. The molecule has 1 heterocycles. The van der Waals surface area contributed by atoms with Crippen LogP contribution in [-0.4, -0.2) is 29.6 Å². The maximum absolute atomic E-state index is 12.4. The van der Waals surface area contributed by atoms with E-state index in [1.54, 1.807) is 6.92 Å². The average Bonchev–Trinajstić information content (AvgIpc) is 2.72. The van der Waals surface area contributed by atoms with Gasteiger partial charge < -0.3 is 4.90 Å².